The molecule has 7 heteroatoms. The molecule has 0 aliphatic rings. The molecule has 0 fully saturated rings. The normalized spacial score (nSPS) is 10.2. The molecule has 0 atom stereocenters. The number of methoxy groups -OCH3 is 1. The molecule has 1 heterocycles. The lowest BCUT2D eigenvalue weighted by Crippen LogP contribution is -2.08. The van der Waals surface area contributed by atoms with Gasteiger partial charge in [-0.05, 0) is 18.2 Å². The third-order valence-corrected chi connectivity index (χ3v) is 2.85. The summed E-state index contributed by atoms with van der Waals surface area (Å²) in [5.74, 6) is -0.514. The van der Waals surface area contributed by atoms with Crippen LogP contribution in [0.1, 0.15) is 10.5 Å². The van der Waals surface area contributed by atoms with Crippen LogP contribution in [0.15, 0.2) is 36.5 Å². The number of nitro groups is 1. The molecule has 6 nitrogen and oxygen atoms in total. The van der Waals surface area contributed by atoms with Crippen molar-refractivity contribution >= 4 is 23.3 Å². The summed E-state index contributed by atoms with van der Waals surface area (Å²) in [7, 11) is 1.27. The molecule has 0 amide bonds. The van der Waals surface area contributed by atoms with Crippen LogP contribution in [0.2, 0.25) is 5.02 Å². The number of esters is 1. The van der Waals surface area contributed by atoms with Gasteiger partial charge in [-0.1, -0.05) is 11.6 Å². The van der Waals surface area contributed by atoms with E-state index in [9.17, 15) is 14.9 Å². The highest BCUT2D eigenvalue weighted by atomic mass is 35.5. The minimum atomic E-state index is -0.535. The summed E-state index contributed by atoms with van der Waals surface area (Å²) in [4.78, 5) is 21.7. The molecule has 0 spiro atoms. The molecule has 2 rings (SSSR count). The number of rotatable bonds is 3. The van der Waals surface area contributed by atoms with E-state index < -0.39 is 10.9 Å². The molecule has 0 saturated carbocycles. The van der Waals surface area contributed by atoms with E-state index >= 15 is 0 Å². The SMILES string of the molecule is COC(=O)c1cccn1-c1ccc([N+](=O)[O-])cc1Cl. The zero-order valence-corrected chi connectivity index (χ0v) is 10.6. The zero-order chi connectivity index (χ0) is 14.0. The van der Waals surface area contributed by atoms with E-state index in [1.165, 1.54) is 29.9 Å². The Hall–Kier alpha value is -2.34. The second kappa shape index (κ2) is 5.11. The van der Waals surface area contributed by atoms with Gasteiger partial charge in [-0.25, -0.2) is 4.79 Å². The molecule has 1 aromatic carbocycles. The topological polar surface area (TPSA) is 74.4 Å². The quantitative estimate of drug-likeness (QED) is 0.492. The largest absolute Gasteiger partial charge is 0.464 e. The van der Waals surface area contributed by atoms with Crippen LogP contribution >= 0.6 is 11.6 Å². The third kappa shape index (κ3) is 2.43. The Morgan fingerprint density at radius 3 is 2.74 bits per heavy atom. The van der Waals surface area contributed by atoms with Crippen molar-refractivity contribution in [2.45, 2.75) is 0 Å². The number of benzene rings is 1. The summed E-state index contributed by atoms with van der Waals surface area (Å²) < 4.78 is 6.16. The number of nitrogens with zero attached hydrogens (tertiary/aromatic N) is 2. The van der Waals surface area contributed by atoms with Crippen molar-refractivity contribution < 1.29 is 14.5 Å². The lowest BCUT2D eigenvalue weighted by Gasteiger charge is -2.09. The van der Waals surface area contributed by atoms with E-state index in [4.69, 9.17) is 11.6 Å². The molecular formula is C12H9ClN2O4. The number of ether oxygens (including phenoxy) is 1. The van der Waals surface area contributed by atoms with Crippen LogP contribution in [0.3, 0.4) is 0 Å². The molecule has 0 radical (unpaired) electrons. The van der Waals surface area contributed by atoms with Crippen LogP contribution in [-0.4, -0.2) is 22.6 Å². The van der Waals surface area contributed by atoms with Gasteiger partial charge in [0.1, 0.15) is 5.69 Å². The monoisotopic (exact) mass is 280 g/mol. The van der Waals surface area contributed by atoms with Crippen LogP contribution in [-0.2, 0) is 4.74 Å². The van der Waals surface area contributed by atoms with Crippen molar-refractivity contribution in [2.75, 3.05) is 7.11 Å². The van der Waals surface area contributed by atoms with Gasteiger partial charge in [0, 0.05) is 18.3 Å². The average Bonchev–Trinajstić information content (AvgIpc) is 2.86. The molecule has 0 bridgehead atoms. The fourth-order valence-corrected chi connectivity index (χ4v) is 1.93. The van der Waals surface area contributed by atoms with Gasteiger partial charge >= 0.3 is 5.97 Å². The Morgan fingerprint density at radius 2 is 2.16 bits per heavy atom. The first kappa shape index (κ1) is 13.1. The number of aromatic nitrogens is 1. The van der Waals surface area contributed by atoms with Crippen molar-refractivity contribution in [1.82, 2.24) is 4.57 Å². The van der Waals surface area contributed by atoms with E-state index in [1.807, 2.05) is 0 Å². The first-order chi connectivity index (χ1) is 9.04. The first-order valence-electron chi connectivity index (χ1n) is 5.24. The number of halogens is 1. The highest BCUT2D eigenvalue weighted by molar-refractivity contribution is 6.32. The maximum Gasteiger partial charge on any atom is 0.355 e. The van der Waals surface area contributed by atoms with Gasteiger partial charge in [0.15, 0.2) is 0 Å². The van der Waals surface area contributed by atoms with Crippen molar-refractivity contribution in [1.29, 1.82) is 0 Å². The minimum Gasteiger partial charge on any atom is -0.464 e. The lowest BCUT2D eigenvalue weighted by molar-refractivity contribution is -0.384. The zero-order valence-electron chi connectivity index (χ0n) is 9.87. The fourth-order valence-electron chi connectivity index (χ4n) is 1.67. The van der Waals surface area contributed by atoms with Crippen molar-refractivity contribution in [3.8, 4) is 5.69 Å². The number of carbonyl (C=O) groups excluding carboxylic acids is 1. The molecule has 0 unspecified atom stereocenters. The lowest BCUT2D eigenvalue weighted by atomic mass is 10.2. The van der Waals surface area contributed by atoms with Gasteiger partial charge in [-0.2, -0.15) is 0 Å². The van der Waals surface area contributed by atoms with Gasteiger partial charge in [-0.3, -0.25) is 10.1 Å². The number of non-ortho nitro benzene ring substituents is 1. The summed E-state index contributed by atoms with van der Waals surface area (Å²) in [6.07, 6.45) is 1.62. The van der Waals surface area contributed by atoms with Crippen molar-refractivity contribution in [3.05, 3.63) is 57.4 Å². The molecule has 0 N–H and O–H groups in total. The molecule has 19 heavy (non-hydrogen) atoms. The van der Waals surface area contributed by atoms with E-state index in [1.54, 1.807) is 18.3 Å². The van der Waals surface area contributed by atoms with Crippen molar-refractivity contribution in [3.63, 3.8) is 0 Å². The predicted octanol–water partition coefficient (Wildman–Crippen LogP) is 2.83. The van der Waals surface area contributed by atoms with E-state index in [-0.39, 0.29) is 10.7 Å². The Morgan fingerprint density at radius 1 is 1.42 bits per heavy atom. The molecule has 0 aliphatic carbocycles. The highest BCUT2D eigenvalue weighted by Gasteiger charge is 2.16. The van der Waals surface area contributed by atoms with Gasteiger partial charge in [0.2, 0.25) is 0 Å². The predicted molar refractivity (Wildman–Crippen MR) is 68.8 cm³/mol. The number of carbonyl (C=O) groups is 1. The Kier molecular flexibility index (Phi) is 3.52. The second-order valence-corrected chi connectivity index (χ2v) is 4.06. The minimum absolute atomic E-state index is 0.111. The standard InChI is InChI=1S/C12H9ClN2O4/c1-19-12(16)11-3-2-6-14(11)10-5-4-8(15(17)18)7-9(10)13/h2-7H,1H3. The van der Waals surface area contributed by atoms with E-state index in [0.29, 0.717) is 11.4 Å². The summed E-state index contributed by atoms with van der Waals surface area (Å²) in [6.45, 7) is 0. The fraction of sp³-hybridized carbons (Fsp3) is 0.0833. The van der Waals surface area contributed by atoms with E-state index in [0.717, 1.165) is 0 Å². The van der Waals surface area contributed by atoms with Crippen LogP contribution in [0, 0.1) is 10.1 Å². The van der Waals surface area contributed by atoms with Gasteiger partial charge in [0.05, 0.1) is 22.7 Å². The maximum atomic E-state index is 11.6. The summed E-state index contributed by atoms with van der Waals surface area (Å²) in [6, 6.07) is 7.26. The molecule has 98 valence electrons. The van der Waals surface area contributed by atoms with Gasteiger partial charge in [0.25, 0.3) is 5.69 Å². The van der Waals surface area contributed by atoms with Crippen LogP contribution in [0.4, 0.5) is 5.69 Å². The molecule has 2 aromatic rings. The average molecular weight is 281 g/mol. The number of hydrogen-bond donors (Lipinski definition) is 0. The van der Waals surface area contributed by atoms with Crippen molar-refractivity contribution in [2.24, 2.45) is 0 Å². The second-order valence-electron chi connectivity index (χ2n) is 3.65. The maximum absolute atomic E-state index is 11.6. The van der Waals surface area contributed by atoms with Crippen LogP contribution < -0.4 is 0 Å². The highest BCUT2D eigenvalue weighted by Crippen LogP contribution is 2.27. The molecule has 0 aliphatic heterocycles. The van der Waals surface area contributed by atoms with Gasteiger partial charge < -0.3 is 9.30 Å². The van der Waals surface area contributed by atoms with Crippen LogP contribution in [0.25, 0.3) is 5.69 Å². The summed E-state index contributed by atoms with van der Waals surface area (Å²) >= 11 is 6.01. The third-order valence-electron chi connectivity index (χ3n) is 2.54. The number of nitro benzene ring substituents is 1. The number of hydrogen-bond acceptors (Lipinski definition) is 4. The smallest absolute Gasteiger partial charge is 0.355 e. The molecule has 1 aromatic heterocycles. The Balaban J connectivity index is 2.51. The Bertz CT molecular complexity index is 651. The Labute approximate surface area is 113 Å². The van der Waals surface area contributed by atoms with Crippen LogP contribution in [0.5, 0.6) is 0 Å². The van der Waals surface area contributed by atoms with E-state index in [2.05, 4.69) is 4.74 Å². The first-order valence-corrected chi connectivity index (χ1v) is 5.62. The molecular weight excluding hydrogens is 272 g/mol. The molecule has 0 saturated heterocycles. The summed E-state index contributed by atoms with van der Waals surface area (Å²) in [5, 5.41) is 10.8. The summed E-state index contributed by atoms with van der Waals surface area (Å²) in [5.41, 5.74) is 0.649. The van der Waals surface area contributed by atoms with Gasteiger partial charge in [-0.15, -0.1) is 0 Å².